The highest BCUT2D eigenvalue weighted by Crippen LogP contribution is 2.39. The molecular weight excluding hydrogens is 352 g/mol. The Kier molecular flexibility index (Phi) is 5.94. The zero-order valence-corrected chi connectivity index (χ0v) is 15.5. The number of rotatable bonds is 6. The Balaban J connectivity index is 1.72. The lowest BCUT2D eigenvalue weighted by Gasteiger charge is -2.26. The van der Waals surface area contributed by atoms with Crippen LogP contribution in [-0.4, -0.2) is 31.6 Å². The third kappa shape index (κ3) is 4.21. The van der Waals surface area contributed by atoms with Crippen molar-refractivity contribution < 1.29 is 23.0 Å². The van der Waals surface area contributed by atoms with Crippen LogP contribution in [0, 0.1) is 11.6 Å². The first-order chi connectivity index (χ1) is 13.0. The van der Waals surface area contributed by atoms with Crippen LogP contribution < -0.4 is 9.47 Å². The summed E-state index contributed by atoms with van der Waals surface area (Å²) in [6.07, 6.45) is 2.40. The van der Waals surface area contributed by atoms with E-state index in [2.05, 4.69) is 0 Å². The van der Waals surface area contributed by atoms with E-state index < -0.39 is 11.6 Å². The summed E-state index contributed by atoms with van der Waals surface area (Å²) in [6.45, 7) is 0.677. The van der Waals surface area contributed by atoms with Gasteiger partial charge in [-0.3, -0.25) is 4.79 Å². The Bertz CT molecular complexity index is 825. The molecule has 0 aliphatic carbocycles. The van der Waals surface area contributed by atoms with Crippen molar-refractivity contribution in [2.45, 2.75) is 31.7 Å². The molecule has 4 nitrogen and oxygen atoms in total. The largest absolute Gasteiger partial charge is 0.497 e. The molecule has 0 radical (unpaired) electrons. The monoisotopic (exact) mass is 375 g/mol. The maximum atomic E-state index is 13.3. The molecule has 144 valence electrons. The lowest BCUT2D eigenvalue weighted by molar-refractivity contribution is -0.132. The molecule has 0 spiro atoms. The molecule has 1 unspecified atom stereocenters. The van der Waals surface area contributed by atoms with E-state index in [-0.39, 0.29) is 18.4 Å². The van der Waals surface area contributed by atoms with Crippen molar-refractivity contribution in [2.24, 2.45) is 0 Å². The van der Waals surface area contributed by atoms with Gasteiger partial charge in [0.05, 0.1) is 20.3 Å². The van der Waals surface area contributed by atoms with Crippen LogP contribution in [0.2, 0.25) is 0 Å². The highest BCUT2D eigenvalue weighted by molar-refractivity contribution is 5.77. The van der Waals surface area contributed by atoms with Crippen molar-refractivity contribution in [2.75, 3.05) is 20.8 Å². The van der Waals surface area contributed by atoms with Gasteiger partial charge in [-0.2, -0.15) is 0 Å². The standard InChI is InChI=1S/C21H23F2NO3/c1-26-15-7-8-16(20(13-15)27-2)19-4-3-11-24(19)21(25)10-6-14-5-9-17(22)18(23)12-14/h5,7-9,12-13,19H,3-4,6,10-11H2,1-2H3. The lowest BCUT2D eigenvalue weighted by Crippen LogP contribution is -2.31. The number of aryl methyl sites for hydroxylation is 1. The topological polar surface area (TPSA) is 38.8 Å². The van der Waals surface area contributed by atoms with Crippen LogP contribution in [0.15, 0.2) is 36.4 Å². The fraction of sp³-hybridized carbons (Fsp3) is 0.381. The summed E-state index contributed by atoms with van der Waals surface area (Å²) in [5.41, 5.74) is 1.57. The van der Waals surface area contributed by atoms with Crippen LogP contribution in [0.4, 0.5) is 8.78 Å². The normalized spacial score (nSPS) is 16.4. The summed E-state index contributed by atoms with van der Waals surface area (Å²) in [5, 5.41) is 0. The molecular formula is C21H23F2NO3. The molecule has 0 aromatic heterocycles. The minimum atomic E-state index is -0.887. The number of ether oxygens (including phenoxy) is 2. The molecule has 27 heavy (non-hydrogen) atoms. The zero-order chi connectivity index (χ0) is 19.4. The van der Waals surface area contributed by atoms with E-state index in [1.807, 2.05) is 23.1 Å². The second kappa shape index (κ2) is 8.37. The van der Waals surface area contributed by atoms with E-state index in [0.717, 1.165) is 30.5 Å². The molecule has 6 heteroatoms. The Morgan fingerprint density at radius 3 is 2.63 bits per heavy atom. The number of carbonyl (C=O) groups excluding carboxylic acids is 1. The Morgan fingerprint density at radius 1 is 1.11 bits per heavy atom. The van der Waals surface area contributed by atoms with Crippen molar-refractivity contribution in [3.8, 4) is 11.5 Å². The molecule has 2 aromatic rings. The molecule has 1 aliphatic rings. The number of hydrogen-bond acceptors (Lipinski definition) is 3. The number of likely N-dealkylation sites (tertiary alicyclic amines) is 1. The number of benzene rings is 2. The second-order valence-corrected chi connectivity index (χ2v) is 6.60. The number of nitrogens with zero attached hydrogens (tertiary/aromatic N) is 1. The van der Waals surface area contributed by atoms with Crippen molar-refractivity contribution in [1.82, 2.24) is 4.90 Å². The molecule has 3 rings (SSSR count). The van der Waals surface area contributed by atoms with Crippen LogP contribution in [0.1, 0.15) is 36.4 Å². The predicted molar refractivity (Wildman–Crippen MR) is 97.9 cm³/mol. The van der Waals surface area contributed by atoms with Gasteiger partial charge in [0.15, 0.2) is 11.6 Å². The van der Waals surface area contributed by atoms with E-state index in [1.165, 1.54) is 6.07 Å². The van der Waals surface area contributed by atoms with E-state index in [9.17, 15) is 13.6 Å². The summed E-state index contributed by atoms with van der Waals surface area (Å²) < 4.78 is 37.1. The van der Waals surface area contributed by atoms with Crippen LogP contribution in [0.25, 0.3) is 0 Å². The zero-order valence-electron chi connectivity index (χ0n) is 15.5. The number of halogens is 2. The molecule has 1 saturated heterocycles. The molecule has 0 bridgehead atoms. The minimum absolute atomic E-state index is 0.0000966. The molecule has 1 atom stereocenters. The van der Waals surface area contributed by atoms with Gasteiger partial charge in [-0.05, 0) is 49.1 Å². The second-order valence-electron chi connectivity index (χ2n) is 6.60. The first kappa shape index (κ1) is 19.1. The van der Waals surface area contributed by atoms with E-state index in [4.69, 9.17) is 9.47 Å². The molecule has 2 aromatic carbocycles. The van der Waals surface area contributed by atoms with Crippen molar-refractivity contribution >= 4 is 5.91 Å². The summed E-state index contributed by atoms with van der Waals surface area (Å²) in [5.74, 6) is -0.372. The van der Waals surface area contributed by atoms with Crippen LogP contribution in [-0.2, 0) is 11.2 Å². The van der Waals surface area contributed by atoms with Gasteiger partial charge >= 0.3 is 0 Å². The van der Waals surface area contributed by atoms with Gasteiger partial charge in [0.25, 0.3) is 0 Å². The van der Waals surface area contributed by atoms with Crippen LogP contribution in [0.3, 0.4) is 0 Å². The molecule has 1 amide bonds. The summed E-state index contributed by atoms with van der Waals surface area (Å²) >= 11 is 0. The van der Waals surface area contributed by atoms with Gasteiger partial charge in [0.1, 0.15) is 11.5 Å². The smallest absolute Gasteiger partial charge is 0.223 e. The maximum Gasteiger partial charge on any atom is 0.223 e. The van der Waals surface area contributed by atoms with Crippen molar-refractivity contribution in [3.63, 3.8) is 0 Å². The van der Waals surface area contributed by atoms with Gasteiger partial charge in [-0.25, -0.2) is 8.78 Å². The minimum Gasteiger partial charge on any atom is -0.497 e. The van der Waals surface area contributed by atoms with Gasteiger partial charge in [0, 0.05) is 24.6 Å². The Morgan fingerprint density at radius 2 is 1.93 bits per heavy atom. The van der Waals surface area contributed by atoms with Gasteiger partial charge in [0.2, 0.25) is 5.91 Å². The molecule has 0 N–H and O–H groups in total. The highest BCUT2D eigenvalue weighted by atomic mass is 19.2. The van der Waals surface area contributed by atoms with Gasteiger partial charge < -0.3 is 14.4 Å². The lowest BCUT2D eigenvalue weighted by atomic mass is 10.0. The van der Waals surface area contributed by atoms with E-state index in [0.29, 0.717) is 30.0 Å². The third-order valence-electron chi connectivity index (χ3n) is 4.98. The van der Waals surface area contributed by atoms with Crippen molar-refractivity contribution in [3.05, 3.63) is 59.2 Å². The molecule has 0 saturated carbocycles. The van der Waals surface area contributed by atoms with E-state index in [1.54, 1.807) is 14.2 Å². The molecule has 1 heterocycles. The van der Waals surface area contributed by atoms with E-state index >= 15 is 0 Å². The predicted octanol–water partition coefficient (Wildman–Crippen LogP) is 4.28. The maximum absolute atomic E-state index is 13.3. The van der Waals surface area contributed by atoms with Gasteiger partial charge in [-0.15, -0.1) is 0 Å². The quantitative estimate of drug-likeness (QED) is 0.757. The fourth-order valence-electron chi connectivity index (χ4n) is 3.57. The summed E-state index contributed by atoms with van der Waals surface area (Å²) in [6, 6.07) is 9.32. The summed E-state index contributed by atoms with van der Waals surface area (Å²) in [4.78, 5) is 14.6. The molecule has 1 fully saturated rings. The van der Waals surface area contributed by atoms with Crippen LogP contribution in [0.5, 0.6) is 11.5 Å². The average Bonchev–Trinajstić information content (AvgIpc) is 3.17. The number of methoxy groups -OCH3 is 2. The SMILES string of the molecule is COc1ccc(C2CCCN2C(=O)CCc2ccc(F)c(F)c2)c(OC)c1. The average molecular weight is 375 g/mol. The summed E-state index contributed by atoms with van der Waals surface area (Å²) in [7, 11) is 3.20. The first-order valence-corrected chi connectivity index (χ1v) is 8.98. The first-order valence-electron chi connectivity index (χ1n) is 8.98. The molecule has 1 aliphatic heterocycles. The van der Waals surface area contributed by atoms with Crippen LogP contribution >= 0.6 is 0 Å². The third-order valence-corrected chi connectivity index (χ3v) is 4.98. The Labute approximate surface area is 157 Å². The number of carbonyl (C=O) groups is 1. The highest BCUT2D eigenvalue weighted by Gasteiger charge is 2.31. The number of hydrogen-bond donors (Lipinski definition) is 0. The van der Waals surface area contributed by atoms with Crippen molar-refractivity contribution in [1.29, 1.82) is 0 Å². The fourth-order valence-corrected chi connectivity index (χ4v) is 3.57. The Hall–Kier alpha value is -2.63. The van der Waals surface area contributed by atoms with Gasteiger partial charge in [-0.1, -0.05) is 6.07 Å². The number of amides is 1.